The number of rotatable bonds is 6. The van der Waals surface area contributed by atoms with Gasteiger partial charge in [-0.15, -0.1) is 0 Å². The zero-order chi connectivity index (χ0) is 22.1. The monoisotopic (exact) mass is 445 g/mol. The summed E-state index contributed by atoms with van der Waals surface area (Å²) in [5.41, 5.74) is 0.620. The summed E-state index contributed by atoms with van der Waals surface area (Å²) in [6, 6.07) is 5.06. The molecular weight excluding hydrogens is 423 g/mol. The number of likely N-dealkylation sites (tertiary alicyclic amines) is 1. The summed E-state index contributed by atoms with van der Waals surface area (Å²) in [4.78, 5) is 37.4. The first-order chi connectivity index (χ1) is 14.1. The standard InChI is InChI=1S/C21H23ClF3NO4/c22-14-8-4-5-12(9-14)10-15-18(20(29)30)26(19(15)28)17(27)11-16(21(23,24)25)13-6-2-1-3-7-13/h4-5,8-9,13,15-16,18H,1-3,6-7,10-11H2,(H,29,30)/t15-,16+,18+/m1/s1. The minimum Gasteiger partial charge on any atom is -0.480 e. The van der Waals surface area contributed by atoms with Crippen LogP contribution in [-0.4, -0.2) is 40.0 Å². The third-order valence-corrected chi connectivity index (χ3v) is 6.35. The van der Waals surface area contributed by atoms with Crippen LogP contribution in [0.3, 0.4) is 0 Å². The number of alkyl halides is 3. The van der Waals surface area contributed by atoms with Gasteiger partial charge in [0.25, 0.3) is 0 Å². The first kappa shape index (κ1) is 22.6. The number of carbonyl (C=O) groups is 3. The summed E-state index contributed by atoms with van der Waals surface area (Å²) >= 11 is 5.91. The molecule has 3 atom stereocenters. The highest BCUT2D eigenvalue weighted by Gasteiger charge is 2.56. The molecule has 0 aromatic heterocycles. The fraction of sp³-hybridized carbons (Fsp3) is 0.571. The van der Waals surface area contributed by atoms with Crippen LogP contribution in [0.5, 0.6) is 0 Å². The predicted octanol–water partition coefficient (Wildman–Crippen LogP) is 4.47. The van der Waals surface area contributed by atoms with E-state index in [-0.39, 0.29) is 6.42 Å². The Hall–Kier alpha value is -2.09. The quantitative estimate of drug-likeness (QED) is 0.655. The lowest BCUT2D eigenvalue weighted by Gasteiger charge is -2.44. The third-order valence-electron chi connectivity index (χ3n) is 6.11. The minimum atomic E-state index is -4.58. The second-order valence-corrected chi connectivity index (χ2v) is 8.51. The molecule has 2 aliphatic rings. The molecule has 5 nitrogen and oxygen atoms in total. The van der Waals surface area contributed by atoms with Gasteiger partial charge in [-0.1, -0.05) is 43.0 Å². The molecule has 0 spiro atoms. The molecule has 0 radical (unpaired) electrons. The van der Waals surface area contributed by atoms with Crippen LogP contribution >= 0.6 is 11.6 Å². The van der Waals surface area contributed by atoms with Crippen molar-refractivity contribution in [3.05, 3.63) is 34.9 Å². The van der Waals surface area contributed by atoms with Crippen molar-refractivity contribution < 1.29 is 32.7 Å². The number of hydrogen-bond donors (Lipinski definition) is 1. The van der Waals surface area contributed by atoms with Gasteiger partial charge >= 0.3 is 12.1 Å². The molecule has 164 valence electrons. The number of carboxylic acid groups (broad SMARTS) is 1. The van der Waals surface area contributed by atoms with E-state index in [1.54, 1.807) is 24.3 Å². The maximum Gasteiger partial charge on any atom is 0.392 e. The van der Waals surface area contributed by atoms with Gasteiger partial charge in [0.05, 0.1) is 11.8 Å². The molecule has 2 amide bonds. The molecule has 1 aromatic carbocycles. The highest BCUT2D eigenvalue weighted by molar-refractivity contribution is 6.30. The molecule has 0 bridgehead atoms. The first-order valence-electron chi connectivity index (χ1n) is 9.99. The molecule has 1 heterocycles. The van der Waals surface area contributed by atoms with Crippen molar-refractivity contribution in [1.82, 2.24) is 4.90 Å². The van der Waals surface area contributed by atoms with Gasteiger partial charge in [-0.05, 0) is 42.9 Å². The summed E-state index contributed by atoms with van der Waals surface area (Å²) in [6.45, 7) is 0. The molecular formula is C21H23ClF3NO4. The van der Waals surface area contributed by atoms with Crippen molar-refractivity contribution in [3.63, 3.8) is 0 Å². The van der Waals surface area contributed by atoms with Crippen molar-refractivity contribution >= 4 is 29.4 Å². The number of carbonyl (C=O) groups excluding carboxylic acids is 2. The first-order valence-corrected chi connectivity index (χ1v) is 10.4. The molecule has 9 heteroatoms. The SMILES string of the molecule is O=C(O)[C@@H]1[C@@H](Cc2cccc(Cl)c2)C(=O)N1C(=O)C[C@@H](C1CCCCC1)C(F)(F)F. The summed E-state index contributed by atoms with van der Waals surface area (Å²) in [6.07, 6.45) is -2.45. The van der Waals surface area contributed by atoms with Crippen LogP contribution in [0.2, 0.25) is 5.02 Å². The van der Waals surface area contributed by atoms with E-state index in [2.05, 4.69) is 0 Å². The molecule has 0 unspecified atom stereocenters. The van der Waals surface area contributed by atoms with Crippen molar-refractivity contribution in [2.75, 3.05) is 0 Å². The zero-order valence-corrected chi connectivity index (χ0v) is 17.0. The highest BCUT2D eigenvalue weighted by Crippen LogP contribution is 2.43. The van der Waals surface area contributed by atoms with Crippen LogP contribution in [0.4, 0.5) is 13.2 Å². The molecule has 1 aliphatic carbocycles. The number of imide groups is 1. The molecule has 1 aliphatic heterocycles. The van der Waals surface area contributed by atoms with E-state index in [0.29, 0.717) is 41.2 Å². The Balaban J connectivity index is 1.74. The van der Waals surface area contributed by atoms with E-state index >= 15 is 0 Å². The van der Waals surface area contributed by atoms with Gasteiger partial charge in [0.15, 0.2) is 0 Å². The van der Waals surface area contributed by atoms with Gasteiger partial charge in [-0.3, -0.25) is 14.5 Å². The van der Waals surface area contributed by atoms with E-state index in [4.69, 9.17) is 11.6 Å². The lowest BCUT2D eigenvalue weighted by molar-refractivity contribution is -0.200. The maximum absolute atomic E-state index is 13.6. The highest BCUT2D eigenvalue weighted by atomic mass is 35.5. The minimum absolute atomic E-state index is 0.0471. The van der Waals surface area contributed by atoms with Crippen LogP contribution in [0.25, 0.3) is 0 Å². The maximum atomic E-state index is 13.6. The number of carboxylic acids is 1. The Kier molecular flexibility index (Phi) is 6.75. The van der Waals surface area contributed by atoms with E-state index in [9.17, 15) is 32.7 Å². The second-order valence-electron chi connectivity index (χ2n) is 8.08. The molecule has 3 rings (SSSR count). The van der Waals surface area contributed by atoms with Gasteiger partial charge in [0, 0.05) is 11.4 Å². The number of halogens is 4. The van der Waals surface area contributed by atoms with E-state index in [0.717, 1.165) is 6.42 Å². The summed E-state index contributed by atoms with van der Waals surface area (Å²) < 4.78 is 40.9. The Morgan fingerprint density at radius 1 is 1.20 bits per heavy atom. The average molecular weight is 446 g/mol. The summed E-state index contributed by atoms with van der Waals surface area (Å²) in [7, 11) is 0. The van der Waals surface area contributed by atoms with E-state index in [1.165, 1.54) is 0 Å². The second kappa shape index (κ2) is 8.96. The smallest absolute Gasteiger partial charge is 0.392 e. The van der Waals surface area contributed by atoms with Gasteiger partial charge < -0.3 is 5.11 Å². The normalized spacial score (nSPS) is 23.7. The Morgan fingerprint density at radius 2 is 1.87 bits per heavy atom. The molecule has 2 fully saturated rings. The fourth-order valence-electron chi connectivity index (χ4n) is 4.60. The molecule has 1 aromatic rings. The average Bonchev–Trinajstić information content (AvgIpc) is 2.67. The Morgan fingerprint density at radius 3 is 2.43 bits per heavy atom. The lowest BCUT2D eigenvalue weighted by Crippen LogP contribution is -2.67. The number of benzene rings is 1. The largest absolute Gasteiger partial charge is 0.480 e. The molecule has 30 heavy (non-hydrogen) atoms. The lowest BCUT2D eigenvalue weighted by atomic mass is 9.77. The number of hydrogen-bond acceptors (Lipinski definition) is 3. The van der Waals surface area contributed by atoms with Gasteiger partial charge in [0.2, 0.25) is 11.8 Å². The summed E-state index contributed by atoms with van der Waals surface area (Å²) in [5.74, 6) is -6.77. The van der Waals surface area contributed by atoms with Gasteiger partial charge in [0.1, 0.15) is 6.04 Å². The predicted molar refractivity (Wildman–Crippen MR) is 103 cm³/mol. The van der Waals surface area contributed by atoms with E-state index in [1.807, 2.05) is 0 Å². The summed E-state index contributed by atoms with van der Waals surface area (Å²) in [5, 5.41) is 9.94. The molecule has 1 saturated carbocycles. The van der Waals surface area contributed by atoms with Crippen LogP contribution in [0.15, 0.2) is 24.3 Å². The van der Waals surface area contributed by atoms with Crippen LogP contribution in [-0.2, 0) is 20.8 Å². The van der Waals surface area contributed by atoms with Crippen LogP contribution in [0.1, 0.15) is 44.1 Å². The molecule has 1 N–H and O–H groups in total. The Labute approximate surface area is 177 Å². The Bertz CT molecular complexity index is 823. The number of amides is 2. The number of β-lactam (4-membered cyclic amide) rings is 1. The third kappa shape index (κ3) is 4.79. The van der Waals surface area contributed by atoms with Gasteiger partial charge in [-0.25, -0.2) is 4.79 Å². The van der Waals surface area contributed by atoms with E-state index < -0.39 is 54.2 Å². The molecule has 1 saturated heterocycles. The van der Waals surface area contributed by atoms with Crippen molar-refractivity contribution in [3.8, 4) is 0 Å². The van der Waals surface area contributed by atoms with Crippen molar-refractivity contribution in [2.24, 2.45) is 17.8 Å². The fourth-order valence-corrected chi connectivity index (χ4v) is 4.81. The van der Waals surface area contributed by atoms with Crippen LogP contribution in [0, 0.1) is 17.8 Å². The zero-order valence-electron chi connectivity index (χ0n) is 16.2. The van der Waals surface area contributed by atoms with Crippen LogP contribution < -0.4 is 0 Å². The number of nitrogens with zero attached hydrogens (tertiary/aromatic N) is 1. The van der Waals surface area contributed by atoms with Crippen molar-refractivity contribution in [1.29, 1.82) is 0 Å². The van der Waals surface area contributed by atoms with Gasteiger partial charge in [-0.2, -0.15) is 13.2 Å². The number of aliphatic carboxylic acids is 1. The topological polar surface area (TPSA) is 74.7 Å². The van der Waals surface area contributed by atoms with Crippen molar-refractivity contribution in [2.45, 2.75) is 57.2 Å².